The van der Waals surface area contributed by atoms with Gasteiger partial charge in [0.05, 0.1) is 6.61 Å². The van der Waals surface area contributed by atoms with Gasteiger partial charge in [-0.25, -0.2) is 4.98 Å². The summed E-state index contributed by atoms with van der Waals surface area (Å²) in [6.45, 7) is 3.60. The van der Waals surface area contributed by atoms with Crippen LogP contribution < -0.4 is 5.73 Å². The van der Waals surface area contributed by atoms with Crippen LogP contribution in [0.3, 0.4) is 0 Å². The molecule has 0 atom stereocenters. The van der Waals surface area contributed by atoms with Crippen LogP contribution in [0.4, 0.5) is 5.82 Å². The van der Waals surface area contributed by atoms with Crippen LogP contribution in [0.2, 0.25) is 0 Å². The summed E-state index contributed by atoms with van der Waals surface area (Å²) in [6.07, 6.45) is 4.03. The fourth-order valence-electron chi connectivity index (χ4n) is 0.958. The molecule has 0 bridgehead atoms. The van der Waals surface area contributed by atoms with Gasteiger partial charge in [-0.15, -0.1) is 0 Å². The molecule has 0 saturated heterocycles. The highest BCUT2D eigenvalue weighted by molar-refractivity contribution is 5.28. The Labute approximate surface area is 78.9 Å². The maximum absolute atomic E-state index is 5.45. The Kier molecular flexibility index (Phi) is 4.26. The fraction of sp³-hybridized carbons (Fsp3) is 0.500. The molecule has 0 aliphatic carbocycles. The topological polar surface area (TPSA) is 48.1 Å². The predicted octanol–water partition coefficient (Wildman–Crippen LogP) is 1.98. The maximum Gasteiger partial charge on any atom is 0.123 e. The van der Waals surface area contributed by atoms with E-state index >= 15 is 0 Å². The molecule has 0 spiro atoms. The van der Waals surface area contributed by atoms with Gasteiger partial charge in [0.1, 0.15) is 5.82 Å². The third kappa shape index (κ3) is 3.90. The van der Waals surface area contributed by atoms with Crippen molar-refractivity contribution in [3.8, 4) is 0 Å². The maximum atomic E-state index is 5.45. The summed E-state index contributed by atoms with van der Waals surface area (Å²) in [4.78, 5) is 3.98. The molecule has 2 N–H and O–H groups in total. The second-order valence-corrected chi connectivity index (χ2v) is 3.00. The molecule has 0 amide bonds. The SMILES string of the molecule is CCCCOCc1ccc(N)nc1. The van der Waals surface area contributed by atoms with Gasteiger partial charge in [-0.3, -0.25) is 0 Å². The Morgan fingerprint density at radius 1 is 1.46 bits per heavy atom. The Morgan fingerprint density at radius 2 is 2.31 bits per heavy atom. The Balaban J connectivity index is 2.25. The standard InChI is InChI=1S/C10H16N2O/c1-2-3-6-13-8-9-4-5-10(11)12-7-9/h4-5,7H,2-3,6,8H2,1H3,(H2,11,12). The minimum absolute atomic E-state index is 0.553. The van der Waals surface area contributed by atoms with E-state index in [0.29, 0.717) is 12.4 Å². The zero-order valence-corrected chi connectivity index (χ0v) is 7.99. The Hall–Kier alpha value is -1.09. The van der Waals surface area contributed by atoms with Gasteiger partial charge >= 0.3 is 0 Å². The smallest absolute Gasteiger partial charge is 0.123 e. The third-order valence-electron chi connectivity index (χ3n) is 1.76. The van der Waals surface area contributed by atoms with Gasteiger partial charge in [0, 0.05) is 12.8 Å². The number of nitrogens with two attached hydrogens (primary N) is 1. The average Bonchev–Trinajstić information content (AvgIpc) is 2.15. The van der Waals surface area contributed by atoms with E-state index in [1.54, 1.807) is 12.3 Å². The number of hydrogen-bond acceptors (Lipinski definition) is 3. The van der Waals surface area contributed by atoms with Crippen molar-refractivity contribution in [2.45, 2.75) is 26.4 Å². The molecule has 1 aromatic heterocycles. The summed E-state index contributed by atoms with van der Waals surface area (Å²) in [5.41, 5.74) is 6.53. The van der Waals surface area contributed by atoms with Crippen LogP contribution in [0.25, 0.3) is 0 Å². The lowest BCUT2D eigenvalue weighted by atomic mass is 10.3. The number of hydrogen-bond donors (Lipinski definition) is 1. The lowest BCUT2D eigenvalue weighted by molar-refractivity contribution is 0.118. The van der Waals surface area contributed by atoms with Gasteiger partial charge in [0.15, 0.2) is 0 Å². The van der Waals surface area contributed by atoms with E-state index in [4.69, 9.17) is 10.5 Å². The van der Waals surface area contributed by atoms with Crippen LogP contribution >= 0.6 is 0 Å². The first-order valence-corrected chi connectivity index (χ1v) is 4.61. The lowest BCUT2D eigenvalue weighted by Gasteiger charge is -2.02. The molecule has 1 aromatic rings. The van der Waals surface area contributed by atoms with E-state index in [9.17, 15) is 0 Å². The minimum Gasteiger partial charge on any atom is -0.384 e. The van der Waals surface area contributed by atoms with Crippen molar-refractivity contribution < 1.29 is 4.74 Å². The highest BCUT2D eigenvalue weighted by Crippen LogP contribution is 2.03. The number of pyridine rings is 1. The van der Waals surface area contributed by atoms with Gasteiger partial charge in [-0.05, 0) is 18.1 Å². The summed E-state index contributed by atoms with van der Waals surface area (Å²) in [7, 11) is 0. The molecule has 3 heteroatoms. The molecule has 0 fully saturated rings. The molecule has 0 aliphatic rings. The number of anilines is 1. The van der Waals surface area contributed by atoms with E-state index < -0.39 is 0 Å². The number of rotatable bonds is 5. The van der Waals surface area contributed by atoms with Crippen molar-refractivity contribution in [1.29, 1.82) is 0 Å². The summed E-state index contributed by atoms with van der Waals surface area (Å²) >= 11 is 0. The molecule has 13 heavy (non-hydrogen) atoms. The molecule has 72 valence electrons. The van der Waals surface area contributed by atoms with Crippen molar-refractivity contribution >= 4 is 5.82 Å². The number of ether oxygens (including phenoxy) is 1. The highest BCUT2D eigenvalue weighted by atomic mass is 16.5. The summed E-state index contributed by atoms with van der Waals surface area (Å²) < 4.78 is 5.42. The van der Waals surface area contributed by atoms with E-state index in [0.717, 1.165) is 18.6 Å². The monoisotopic (exact) mass is 180 g/mol. The molecule has 0 unspecified atom stereocenters. The summed E-state index contributed by atoms with van der Waals surface area (Å²) in [5.74, 6) is 0.553. The number of aromatic nitrogens is 1. The largest absolute Gasteiger partial charge is 0.384 e. The molecule has 1 heterocycles. The number of nitrogens with zero attached hydrogens (tertiary/aromatic N) is 1. The second kappa shape index (κ2) is 5.54. The second-order valence-electron chi connectivity index (χ2n) is 3.00. The Morgan fingerprint density at radius 3 is 2.92 bits per heavy atom. The van der Waals surface area contributed by atoms with Crippen LogP contribution in [0.1, 0.15) is 25.3 Å². The molecule has 1 rings (SSSR count). The summed E-state index contributed by atoms with van der Waals surface area (Å²) in [5, 5.41) is 0. The first-order chi connectivity index (χ1) is 6.33. The first kappa shape index (κ1) is 9.99. The number of nitrogen functional groups attached to an aromatic ring is 1. The molecular formula is C10H16N2O. The molecule has 0 aliphatic heterocycles. The molecule has 3 nitrogen and oxygen atoms in total. The average molecular weight is 180 g/mol. The van der Waals surface area contributed by atoms with E-state index in [2.05, 4.69) is 11.9 Å². The van der Waals surface area contributed by atoms with Crippen molar-refractivity contribution in [2.75, 3.05) is 12.3 Å². The minimum atomic E-state index is 0.553. The van der Waals surface area contributed by atoms with Crippen molar-refractivity contribution in [3.05, 3.63) is 23.9 Å². The zero-order valence-electron chi connectivity index (χ0n) is 7.99. The van der Waals surface area contributed by atoms with Crippen LogP contribution in [-0.4, -0.2) is 11.6 Å². The van der Waals surface area contributed by atoms with Crippen molar-refractivity contribution in [3.63, 3.8) is 0 Å². The lowest BCUT2D eigenvalue weighted by Crippen LogP contribution is -1.96. The normalized spacial score (nSPS) is 10.2. The van der Waals surface area contributed by atoms with Gasteiger partial charge in [-0.1, -0.05) is 19.4 Å². The fourth-order valence-corrected chi connectivity index (χ4v) is 0.958. The van der Waals surface area contributed by atoms with E-state index in [1.807, 2.05) is 6.07 Å². The molecule has 0 aromatic carbocycles. The predicted molar refractivity (Wildman–Crippen MR) is 53.2 cm³/mol. The zero-order chi connectivity index (χ0) is 9.52. The molecule has 0 radical (unpaired) electrons. The van der Waals surface area contributed by atoms with Crippen LogP contribution in [0, 0.1) is 0 Å². The molecule has 0 saturated carbocycles. The van der Waals surface area contributed by atoms with Gasteiger partial charge in [-0.2, -0.15) is 0 Å². The van der Waals surface area contributed by atoms with Crippen molar-refractivity contribution in [2.24, 2.45) is 0 Å². The summed E-state index contributed by atoms with van der Waals surface area (Å²) in [6, 6.07) is 3.73. The third-order valence-corrected chi connectivity index (χ3v) is 1.76. The quantitative estimate of drug-likeness (QED) is 0.705. The van der Waals surface area contributed by atoms with Gasteiger partial charge in [0.2, 0.25) is 0 Å². The van der Waals surface area contributed by atoms with Crippen LogP contribution in [-0.2, 0) is 11.3 Å². The van der Waals surface area contributed by atoms with Crippen LogP contribution in [0.15, 0.2) is 18.3 Å². The Bertz CT molecular complexity index is 233. The van der Waals surface area contributed by atoms with E-state index in [1.165, 1.54) is 6.42 Å². The van der Waals surface area contributed by atoms with Gasteiger partial charge in [0.25, 0.3) is 0 Å². The van der Waals surface area contributed by atoms with Gasteiger partial charge < -0.3 is 10.5 Å². The van der Waals surface area contributed by atoms with E-state index in [-0.39, 0.29) is 0 Å². The van der Waals surface area contributed by atoms with Crippen LogP contribution in [0.5, 0.6) is 0 Å². The number of unbranched alkanes of at least 4 members (excludes halogenated alkanes) is 1. The van der Waals surface area contributed by atoms with Crippen molar-refractivity contribution in [1.82, 2.24) is 4.98 Å². The first-order valence-electron chi connectivity index (χ1n) is 4.61. The molecular weight excluding hydrogens is 164 g/mol. The highest BCUT2D eigenvalue weighted by Gasteiger charge is 1.93.